The van der Waals surface area contributed by atoms with Crippen LogP contribution in [-0.4, -0.2) is 59.5 Å². The number of pyridine rings is 1. The Hall–Kier alpha value is -2.18. The van der Waals surface area contributed by atoms with Crippen LogP contribution in [-0.2, 0) is 11.3 Å². The summed E-state index contributed by atoms with van der Waals surface area (Å²) in [5.74, 6) is 0.690. The molecular weight excluding hydrogens is 379 g/mol. The molecule has 1 amide bonds. The standard InChI is InChI=1S/C21H24ClFN4O/c1-15-2-5-20(24-13-15)26-10-8-25(9-11-26)19-6-7-27(21(19)28)14-16-3-4-17(22)18(23)12-16/h2-5,12-13,19H,6-11,14H2,1H3. The largest absolute Gasteiger partial charge is 0.354 e. The Morgan fingerprint density at radius 3 is 2.61 bits per heavy atom. The number of likely N-dealkylation sites (tertiary alicyclic amines) is 1. The molecule has 148 valence electrons. The van der Waals surface area contributed by atoms with E-state index in [-0.39, 0.29) is 17.0 Å². The minimum Gasteiger partial charge on any atom is -0.354 e. The summed E-state index contributed by atoms with van der Waals surface area (Å²) in [7, 11) is 0. The third-order valence-electron chi connectivity index (χ3n) is 5.60. The number of hydrogen-bond donors (Lipinski definition) is 0. The van der Waals surface area contributed by atoms with E-state index in [0.29, 0.717) is 13.1 Å². The molecular formula is C21H24ClFN4O. The number of nitrogens with zero attached hydrogens (tertiary/aromatic N) is 4. The molecule has 1 aromatic carbocycles. The molecule has 3 heterocycles. The lowest BCUT2D eigenvalue weighted by molar-refractivity contribution is -0.132. The van der Waals surface area contributed by atoms with Crippen LogP contribution in [0.15, 0.2) is 36.5 Å². The molecule has 2 aliphatic heterocycles. The van der Waals surface area contributed by atoms with Gasteiger partial charge in [-0.05, 0) is 42.7 Å². The van der Waals surface area contributed by atoms with Crippen LogP contribution in [0.5, 0.6) is 0 Å². The molecule has 7 heteroatoms. The molecule has 0 bridgehead atoms. The molecule has 0 radical (unpaired) electrons. The first-order chi connectivity index (χ1) is 13.5. The summed E-state index contributed by atoms with van der Waals surface area (Å²) in [6, 6.07) is 8.79. The Balaban J connectivity index is 1.34. The van der Waals surface area contributed by atoms with Gasteiger partial charge in [0, 0.05) is 45.5 Å². The zero-order chi connectivity index (χ0) is 19.7. The van der Waals surface area contributed by atoms with Crippen molar-refractivity contribution in [2.45, 2.75) is 25.9 Å². The van der Waals surface area contributed by atoms with E-state index in [4.69, 9.17) is 11.6 Å². The SMILES string of the molecule is Cc1ccc(N2CCN(C3CCN(Cc4ccc(Cl)c(F)c4)C3=O)CC2)nc1. The lowest BCUT2D eigenvalue weighted by Gasteiger charge is -2.37. The van der Waals surface area contributed by atoms with Crippen LogP contribution >= 0.6 is 11.6 Å². The van der Waals surface area contributed by atoms with Gasteiger partial charge in [-0.15, -0.1) is 0 Å². The van der Waals surface area contributed by atoms with Gasteiger partial charge in [-0.1, -0.05) is 23.7 Å². The van der Waals surface area contributed by atoms with Gasteiger partial charge in [-0.2, -0.15) is 0 Å². The second-order valence-electron chi connectivity index (χ2n) is 7.53. The Kier molecular flexibility index (Phi) is 5.51. The van der Waals surface area contributed by atoms with Gasteiger partial charge in [-0.25, -0.2) is 9.37 Å². The number of rotatable bonds is 4. The summed E-state index contributed by atoms with van der Waals surface area (Å²) in [6.07, 6.45) is 2.71. The molecule has 2 fully saturated rings. The summed E-state index contributed by atoms with van der Waals surface area (Å²) in [4.78, 5) is 23.8. The van der Waals surface area contributed by atoms with Crippen molar-refractivity contribution in [1.29, 1.82) is 0 Å². The lowest BCUT2D eigenvalue weighted by Crippen LogP contribution is -2.52. The van der Waals surface area contributed by atoms with Crippen molar-refractivity contribution in [2.75, 3.05) is 37.6 Å². The number of piperazine rings is 1. The summed E-state index contributed by atoms with van der Waals surface area (Å²) >= 11 is 5.74. The first-order valence-electron chi connectivity index (χ1n) is 9.65. The van der Waals surface area contributed by atoms with Gasteiger partial charge in [-0.3, -0.25) is 9.69 Å². The molecule has 1 aromatic heterocycles. The molecule has 0 saturated carbocycles. The monoisotopic (exact) mass is 402 g/mol. The summed E-state index contributed by atoms with van der Waals surface area (Å²) in [6.45, 7) is 6.57. The van der Waals surface area contributed by atoms with E-state index < -0.39 is 5.82 Å². The van der Waals surface area contributed by atoms with Crippen molar-refractivity contribution in [3.63, 3.8) is 0 Å². The van der Waals surface area contributed by atoms with E-state index >= 15 is 0 Å². The van der Waals surface area contributed by atoms with Crippen LogP contribution in [0.3, 0.4) is 0 Å². The maximum atomic E-state index is 13.7. The molecule has 2 aliphatic rings. The molecule has 4 rings (SSSR count). The van der Waals surface area contributed by atoms with E-state index in [0.717, 1.165) is 49.5 Å². The fourth-order valence-corrected chi connectivity index (χ4v) is 4.10. The van der Waals surface area contributed by atoms with E-state index in [9.17, 15) is 9.18 Å². The molecule has 28 heavy (non-hydrogen) atoms. The van der Waals surface area contributed by atoms with Crippen LogP contribution in [0.25, 0.3) is 0 Å². The van der Waals surface area contributed by atoms with Crippen LogP contribution in [0.2, 0.25) is 5.02 Å². The van der Waals surface area contributed by atoms with Crippen LogP contribution in [0.4, 0.5) is 10.2 Å². The number of aromatic nitrogens is 1. The van der Waals surface area contributed by atoms with Crippen molar-refractivity contribution in [1.82, 2.24) is 14.8 Å². The first-order valence-corrected chi connectivity index (χ1v) is 10.0. The van der Waals surface area contributed by atoms with Gasteiger partial charge in [0.25, 0.3) is 0 Å². The molecule has 1 atom stereocenters. The number of hydrogen-bond acceptors (Lipinski definition) is 4. The zero-order valence-electron chi connectivity index (χ0n) is 15.9. The third kappa shape index (κ3) is 3.98. The Bertz CT molecular complexity index is 852. The number of carbonyl (C=O) groups is 1. The van der Waals surface area contributed by atoms with E-state index in [1.807, 2.05) is 18.0 Å². The highest BCUT2D eigenvalue weighted by molar-refractivity contribution is 6.30. The maximum Gasteiger partial charge on any atom is 0.240 e. The highest BCUT2D eigenvalue weighted by Crippen LogP contribution is 2.24. The summed E-state index contributed by atoms with van der Waals surface area (Å²) in [5.41, 5.74) is 1.92. The molecule has 2 saturated heterocycles. The lowest BCUT2D eigenvalue weighted by atomic mass is 10.1. The second kappa shape index (κ2) is 8.05. The van der Waals surface area contributed by atoms with E-state index in [2.05, 4.69) is 26.9 Å². The van der Waals surface area contributed by atoms with Crippen molar-refractivity contribution in [3.05, 3.63) is 58.5 Å². The normalized spacial score (nSPS) is 20.8. The fourth-order valence-electron chi connectivity index (χ4n) is 3.99. The molecule has 0 spiro atoms. The van der Waals surface area contributed by atoms with Crippen LogP contribution < -0.4 is 4.90 Å². The number of halogens is 2. The minimum absolute atomic E-state index is 0.0784. The molecule has 0 aliphatic carbocycles. The maximum absolute atomic E-state index is 13.7. The number of anilines is 1. The Morgan fingerprint density at radius 1 is 1.14 bits per heavy atom. The van der Waals surface area contributed by atoms with Crippen molar-refractivity contribution < 1.29 is 9.18 Å². The Labute approximate surface area is 169 Å². The highest BCUT2D eigenvalue weighted by atomic mass is 35.5. The predicted molar refractivity (Wildman–Crippen MR) is 108 cm³/mol. The van der Waals surface area contributed by atoms with Gasteiger partial charge in [0.05, 0.1) is 11.1 Å². The van der Waals surface area contributed by atoms with Crippen molar-refractivity contribution >= 4 is 23.3 Å². The third-order valence-corrected chi connectivity index (χ3v) is 5.91. The van der Waals surface area contributed by atoms with E-state index in [1.165, 1.54) is 6.07 Å². The number of amides is 1. The number of carbonyl (C=O) groups excluding carboxylic acids is 1. The summed E-state index contributed by atoms with van der Waals surface area (Å²) in [5, 5.41) is 0.107. The van der Waals surface area contributed by atoms with Crippen molar-refractivity contribution in [2.24, 2.45) is 0 Å². The predicted octanol–water partition coefficient (Wildman–Crippen LogP) is 3.11. The number of aryl methyl sites for hydroxylation is 1. The van der Waals surface area contributed by atoms with Gasteiger partial charge >= 0.3 is 0 Å². The van der Waals surface area contributed by atoms with Gasteiger partial charge < -0.3 is 9.80 Å². The topological polar surface area (TPSA) is 39.7 Å². The first kappa shape index (κ1) is 19.2. The summed E-state index contributed by atoms with van der Waals surface area (Å²) < 4.78 is 13.7. The van der Waals surface area contributed by atoms with Gasteiger partial charge in [0.1, 0.15) is 11.6 Å². The zero-order valence-corrected chi connectivity index (χ0v) is 16.7. The van der Waals surface area contributed by atoms with Crippen molar-refractivity contribution in [3.8, 4) is 0 Å². The second-order valence-corrected chi connectivity index (χ2v) is 7.94. The number of benzene rings is 1. The average Bonchev–Trinajstić information content (AvgIpc) is 3.06. The van der Waals surface area contributed by atoms with E-state index in [1.54, 1.807) is 12.1 Å². The fraction of sp³-hybridized carbons (Fsp3) is 0.429. The molecule has 0 N–H and O–H groups in total. The molecule has 1 unspecified atom stereocenters. The Morgan fingerprint density at radius 2 is 1.93 bits per heavy atom. The van der Waals surface area contributed by atoms with Gasteiger partial charge in [0.2, 0.25) is 5.91 Å². The van der Waals surface area contributed by atoms with Gasteiger partial charge in [0.15, 0.2) is 0 Å². The molecule has 5 nitrogen and oxygen atoms in total. The quantitative estimate of drug-likeness (QED) is 0.787. The smallest absolute Gasteiger partial charge is 0.240 e. The minimum atomic E-state index is -0.441. The van der Waals surface area contributed by atoms with Crippen LogP contribution in [0.1, 0.15) is 17.5 Å². The average molecular weight is 403 g/mol. The van der Waals surface area contributed by atoms with Crippen LogP contribution in [0, 0.1) is 12.7 Å². The molecule has 2 aromatic rings. The highest BCUT2D eigenvalue weighted by Gasteiger charge is 2.37.